The number of nitrogens with zero attached hydrogens (tertiary/aromatic N) is 1. The average molecular weight is 525 g/mol. The molecule has 2 aromatic heterocycles. The van der Waals surface area contributed by atoms with Crippen molar-refractivity contribution < 1.29 is 34.4 Å². The Hall–Kier alpha value is -5.25. The molecular weight excluding hydrogens is 506 g/mol. The van der Waals surface area contributed by atoms with Gasteiger partial charge in [-0.2, -0.15) is 0 Å². The molecule has 0 unspecified atom stereocenters. The van der Waals surface area contributed by atoms with Gasteiger partial charge in [0, 0.05) is 35.2 Å². The van der Waals surface area contributed by atoms with E-state index >= 15 is 0 Å². The number of pyridine rings is 1. The van der Waals surface area contributed by atoms with Crippen LogP contribution >= 0.6 is 0 Å². The number of hydrogen-bond donors (Lipinski definition) is 4. The highest BCUT2D eigenvalue weighted by molar-refractivity contribution is 5.95. The van der Waals surface area contributed by atoms with Crippen LogP contribution in [-0.4, -0.2) is 31.0 Å². The van der Waals surface area contributed by atoms with Crippen LogP contribution in [-0.2, 0) is 17.8 Å². The number of hydrogen-bond acceptors (Lipinski definition) is 9. The largest absolute Gasteiger partial charge is 0.507 e. The summed E-state index contributed by atoms with van der Waals surface area (Å²) in [5.41, 5.74) is 1.02. The molecule has 4 heterocycles. The number of aryl methyl sites for hydroxylation is 2. The molecule has 0 radical (unpaired) electrons. The van der Waals surface area contributed by atoms with E-state index in [-0.39, 0.29) is 45.6 Å². The Morgan fingerprint density at radius 3 is 2.51 bits per heavy atom. The molecule has 4 N–H and O–H groups in total. The van der Waals surface area contributed by atoms with Gasteiger partial charge in [-0.05, 0) is 41.6 Å². The molecule has 5 aromatic rings. The third-order valence-electron chi connectivity index (χ3n) is 7.51. The zero-order chi connectivity index (χ0) is 27.2. The zero-order valence-electron chi connectivity index (χ0n) is 20.1. The fourth-order valence-corrected chi connectivity index (χ4v) is 5.75. The molecule has 7 rings (SSSR count). The van der Waals surface area contributed by atoms with E-state index in [1.807, 2.05) is 18.2 Å². The molecule has 0 amide bonds. The van der Waals surface area contributed by atoms with Crippen LogP contribution in [0.5, 0.6) is 28.7 Å². The summed E-state index contributed by atoms with van der Waals surface area (Å²) in [4.78, 5) is 39.7. The number of carbonyl (C=O) groups excluding carboxylic acids is 1. The number of benzene rings is 3. The maximum Gasteiger partial charge on any atom is 0.312 e. The Kier molecular flexibility index (Phi) is 4.63. The molecule has 0 fully saturated rings. The van der Waals surface area contributed by atoms with Gasteiger partial charge in [-0.3, -0.25) is 14.4 Å². The van der Waals surface area contributed by atoms with Crippen LogP contribution < -0.4 is 15.7 Å². The van der Waals surface area contributed by atoms with Gasteiger partial charge in [0.15, 0.2) is 17.3 Å². The van der Waals surface area contributed by atoms with E-state index in [9.17, 15) is 34.8 Å². The van der Waals surface area contributed by atoms with E-state index in [1.165, 1.54) is 6.07 Å². The number of phenolic OH excluding ortho intramolecular Hbond substituents is 3. The predicted octanol–water partition coefficient (Wildman–Crippen LogP) is 3.59. The quantitative estimate of drug-likeness (QED) is 0.153. The highest BCUT2D eigenvalue weighted by Gasteiger charge is 2.36. The number of rotatable bonds is 2. The normalized spacial score (nSPS) is 16.0. The number of aromatic nitrogens is 1. The molecule has 2 aliphatic rings. The van der Waals surface area contributed by atoms with E-state index < -0.39 is 40.3 Å². The Labute approximate surface area is 218 Å². The summed E-state index contributed by atoms with van der Waals surface area (Å²) >= 11 is 0. The van der Waals surface area contributed by atoms with Crippen molar-refractivity contribution in [2.45, 2.75) is 25.3 Å². The minimum absolute atomic E-state index is 0.0646. The van der Waals surface area contributed by atoms with Gasteiger partial charge in [-0.25, -0.2) is 0 Å². The second-order valence-corrected chi connectivity index (χ2v) is 9.72. The minimum Gasteiger partial charge on any atom is -0.507 e. The smallest absolute Gasteiger partial charge is 0.312 e. The summed E-state index contributed by atoms with van der Waals surface area (Å²) in [5.74, 6) is -4.29. The number of carbonyl (C=O) groups is 1. The van der Waals surface area contributed by atoms with Crippen LogP contribution in [0.2, 0.25) is 0 Å². The summed E-state index contributed by atoms with van der Waals surface area (Å²) in [7, 11) is 0. The summed E-state index contributed by atoms with van der Waals surface area (Å²) in [6.45, 7) is 0.486. The molecule has 2 aliphatic heterocycles. The molecule has 10 heteroatoms. The first-order valence-electron chi connectivity index (χ1n) is 12.2. The molecular formula is C29H19NO9. The highest BCUT2D eigenvalue weighted by Crippen LogP contribution is 2.47. The molecule has 39 heavy (non-hydrogen) atoms. The van der Waals surface area contributed by atoms with Gasteiger partial charge < -0.3 is 34.1 Å². The fourth-order valence-electron chi connectivity index (χ4n) is 5.75. The van der Waals surface area contributed by atoms with Crippen molar-refractivity contribution in [3.63, 3.8) is 0 Å². The standard InChI is InChI=1S/C29H19NO9/c31-17-5-4-14(9-18(17)32)27-26(36)25(35)23-19(33)11-20-22(28(23)39-27)15(10-21(34)38-20)16-8-13-3-1-2-12-6-7-30(24(12)13)29(16)37/h1-5,8-9,11,15,31-33,36H,6-7,10H2/t15-/m1/s1. The summed E-state index contributed by atoms with van der Waals surface area (Å²) in [5, 5.41) is 41.5. The second-order valence-electron chi connectivity index (χ2n) is 9.72. The predicted molar refractivity (Wildman–Crippen MR) is 139 cm³/mol. The van der Waals surface area contributed by atoms with Crippen LogP contribution in [0.1, 0.15) is 29.0 Å². The van der Waals surface area contributed by atoms with Gasteiger partial charge in [0.1, 0.15) is 22.5 Å². The van der Waals surface area contributed by atoms with Crippen molar-refractivity contribution in [1.29, 1.82) is 0 Å². The summed E-state index contributed by atoms with van der Waals surface area (Å²) in [6.07, 6.45) is 0.473. The first-order valence-corrected chi connectivity index (χ1v) is 12.2. The molecule has 3 aromatic carbocycles. The van der Waals surface area contributed by atoms with E-state index in [0.717, 1.165) is 34.7 Å². The first kappa shape index (κ1) is 22.9. The number of para-hydroxylation sites is 1. The maximum absolute atomic E-state index is 13.7. The van der Waals surface area contributed by atoms with Crippen molar-refractivity contribution in [3.05, 3.63) is 85.8 Å². The molecule has 0 saturated heterocycles. The number of aromatic hydroxyl groups is 4. The minimum atomic E-state index is -0.965. The molecule has 0 saturated carbocycles. The molecule has 10 nitrogen and oxygen atoms in total. The van der Waals surface area contributed by atoms with Crippen molar-refractivity contribution in [2.75, 3.05) is 0 Å². The molecule has 0 aliphatic carbocycles. The number of fused-ring (bicyclic) bond motifs is 3. The van der Waals surface area contributed by atoms with Crippen molar-refractivity contribution in [2.24, 2.45) is 0 Å². The van der Waals surface area contributed by atoms with Crippen molar-refractivity contribution in [1.82, 2.24) is 4.57 Å². The fraction of sp³-hybridized carbons (Fsp3) is 0.138. The van der Waals surface area contributed by atoms with Gasteiger partial charge in [-0.1, -0.05) is 18.2 Å². The summed E-state index contributed by atoms with van der Waals surface area (Å²) in [6, 6.07) is 12.2. The van der Waals surface area contributed by atoms with Crippen LogP contribution in [0.15, 0.2) is 62.5 Å². The van der Waals surface area contributed by atoms with E-state index in [1.54, 1.807) is 10.6 Å². The monoisotopic (exact) mass is 525 g/mol. The van der Waals surface area contributed by atoms with Crippen LogP contribution in [0.25, 0.3) is 33.2 Å². The average Bonchev–Trinajstić information content (AvgIpc) is 3.35. The SMILES string of the molecule is O=C1C[C@H](c2cc3cccc4c3n(c2=O)CC4)c2c(cc(O)c3c(=O)c(O)c(-c4ccc(O)c(O)c4)oc23)O1. The Balaban J connectivity index is 1.56. The van der Waals surface area contributed by atoms with Gasteiger partial charge in [0.05, 0.1) is 11.9 Å². The third kappa shape index (κ3) is 3.18. The van der Waals surface area contributed by atoms with Crippen LogP contribution in [0.3, 0.4) is 0 Å². The number of esters is 1. The van der Waals surface area contributed by atoms with E-state index in [2.05, 4.69) is 0 Å². The topological polar surface area (TPSA) is 159 Å². The summed E-state index contributed by atoms with van der Waals surface area (Å²) < 4.78 is 13.1. The first-order chi connectivity index (χ1) is 18.7. The lowest BCUT2D eigenvalue weighted by molar-refractivity contribution is -0.135. The van der Waals surface area contributed by atoms with E-state index in [4.69, 9.17) is 9.15 Å². The molecule has 1 atom stereocenters. The highest BCUT2D eigenvalue weighted by atomic mass is 16.5. The zero-order valence-corrected chi connectivity index (χ0v) is 20.1. The lowest BCUT2D eigenvalue weighted by atomic mass is 9.85. The molecule has 194 valence electrons. The second kappa shape index (κ2) is 7.87. The van der Waals surface area contributed by atoms with Gasteiger partial charge in [0.2, 0.25) is 11.2 Å². The van der Waals surface area contributed by atoms with Gasteiger partial charge in [0.25, 0.3) is 5.56 Å². The van der Waals surface area contributed by atoms with Crippen LogP contribution in [0.4, 0.5) is 0 Å². The Bertz CT molecular complexity index is 2040. The lowest BCUT2D eigenvalue weighted by Crippen LogP contribution is -2.29. The molecule has 0 spiro atoms. The van der Waals surface area contributed by atoms with Crippen molar-refractivity contribution in [3.8, 4) is 40.1 Å². The lowest BCUT2D eigenvalue weighted by Gasteiger charge is -2.26. The Morgan fingerprint density at radius 2 is 1.72 bits per heavy atom. The Morgan fingerprint density at radius 1 is 0.897 bits per heavy atom. The van der Waals surface area contributed by atoms with Gasteiger partial charge in [-0.15, -0.1) is 0 Å². The third-order valence-corrected chi connectivity index (χ3v) is 7.51. The number of ether oxygens (including phenoxy) is 1. The van der Waals surface area contributed by atoms with Crippen LogP contribution in [0, 0.1) is 0 Å². The van der Waals surface area contributed by atoms with E-state index in [0.29, 0.717) is 18.5 Å². The van der Waals surface area contributed by atoms with Crippen molar-refractivity contribution >= 4 is 27.8 Å². The molecule has 0 bridgehead atoms. The maximum atomic E-state index is 13.7. The number of phenols is 3. The van der Waals surface area contributed by atoms with Gasteiger partial charge >= 0.3 is 5.97 Å².